The molecule has 6 heteroatoms. The maximum Gasteiger partial charge on any atom is 0.418 e. The Hall–Kier alpha value is -1.23. The van der Waals surface area contributed by atoms with Gasteiger partial charge in [0.25, 0.3) is 5.82 Å². The minimum Gasteiger partial charge on any atom is -0.228 e. The summed E-state index contributed by atoms with van der Waals surface area (Å²) in [6.07, 6.45) is 2.66. The first-order valence-corrected chi connectivity index (χ1v) is 9.48. The average Bonchev–Trinajstić information content (AvgIpc) is 2.79. The number of alkyl halides is 3. The van der Waals surface area contributed by atoms with Crippen LogP contribution in [0.4, 0.5) is 13.2 Å². The molecule has 0 spiro atoms. The largest absolute Gasteiger partial charge is 0.418 e. The number of fused-ring (bicyclic) bond motifs is 1. The zero-order valence-electron chi connectivity index (χ0n) is 15.2. The van der Waals surface area contributed by atoms with Crippen LogP contribution in [0.3, 0.4) is 0 Å². The zero-order valence-corrected chi connectivity index (χ0v) is 16.0. The second kappa shape index (κ2) is 8.43. The quantitative estimate of drug-likeness (QED) is 0.378. The topological polar surface area (TPSA) is 8.81 Å². The molecule has 0 unspecified atom stereocenters. The standard InChI is InChI=1S/C19H27ClF3N2/c1-4-6-7-8-9-10-11-25-14(3)24(5-2)17-12-15(19(21,22)23)16(20)13-18(17)25/h12-13H,4-11H2,1-3H3/q+1. The van der Waals surface area contributed by atoms with Crippen molar-refractivity contribution in [3.63, 3.8) is 0 Å². The Morgan fingerprint density at radius 3 is 2.28 bits per heavy atom. The summed E-state index contributed by atoms with van der Waals surface area (Å²) in [4.78, 5) is 0. The monoisotopic (exact) mass is 375 g/mol. The van der Waals surface area contributed by atoms with Gasteiger partial charge < -0.3 is 0 Å². The van der Waals surface area contributed by atoms with Crippen molar-refractivity contribution in [3.05, 3.63) is 28.5 Å². The van der Waals surface area contributed by atoms with Crippen molar-refractivity contribution in [1.29, 1.82) is 0 Å². The summed E-state index contributed by atoms with van der Waals surface area (Å²) in [6, 6.07) is 2.65. The van der Waals surface area contributed by atoms with Gasteiger partial charge in [-0.05, 0) is 19.8 Å². The lowest BCUT2D eigenvalue weighted by atomic mass is 10.1. The summed E-state index contributed by atoms with van der Waals surface area (Å²) in [6.45, 7) is 7.54. The fourth-order valence-corrected chi connectivity index (χ4v) is 3.69. The number of imidazole rings is 1. The predicted octanol–water partition coefficient (Wildman–Crippen LogP) is 6.29. The molecular weight excluding hydrogens is 349 g/mol. The number of nitrogens with zero attached hydrogens (tertiary/aromatic N) is 2. The molecule has 0 fully saturated rings. The van der Waals surface area contributed by atoms with Crippen molar-refractivity contribution in [2.45, 2.75) is 78.6 Å². The van der Waals surface area contributed by atoms with Crippen molar-refractivity contribution in [2.24, 2.45) is 0 Å². The number of aromatic nitrogens is 2. The summed E-state index contributed by atoms with van der Waals surface area (Å²) in [5.74, 6) is 0.974. The lowest BCUT2D eigenvalue weighted by Gasteiger charge is -2.08. The van der Waals surface area contributed by atoms with E-state index in [1.54, 1.807) is 0 Å². The van der Waals surface area contributed by atoms with Crippen LogP contribution in [0.5, 0.6) is 0 Å². The second-order valence-electron chi connectivity index (χ2n) is 6.53. The van der Waals surface area contributed by atoms with Crippen molar-refractivity contribution in [1.82, 2.24) is 4.57 Å². The molecule has 0 amide bonds. The normalized spacial score (nSPS) is 12.3. The molecule has 2 nitrogen and oxygen atoms in total. The molecule has 1 heterocycles. The third kappa shape index (κ3) is 4.49. The van der Waals surface area contributed by atoms with E-state index in [0.29, 0.717) is 12.1 Å². The molecule has 0 bridgehead atoms. The van der Waals surface area contributed by atoms with Crippen molar-refractivity contribution >= 4 is 22.6 Å². The SMILES string of the molecule is CCCCCCCC[n+]1c(C)n(CC)c2cc(C(F)(F)F)c(Cl)cc21. The molecule has 0 aliphatic heterocycles. The maximum atomic E-state index is 13.2. The average molecular weight is 376 g/mol. The molecule has 0 radical (unpaired) electrons. The molecule has 0 saturated heterocycles. The zero-order chi connectivity index (χ0) is 18.6. The molecule has 140 valence electrons. The minimum atomic E-state index is -4.44. The van der Waals surface area contributed by atoms with Crippen LogP contribution in [0.1, 0.15) is 63.8 Å². The Bertz CT molecular complexity index is 720. The molecule has 0 N–H and O–H groups in total. The number of hydrogen-bond acceptors (Lipinski definition) is 0. The fraction of sp³-hybridized carbons (Fsp3) is 0.632. The van der Waals surface area contributed by atoms with Gasteiger partial charge in [0.1, 0.15) is 0 Å². The van der Waals surface area contributed by atoms with Gasteiger partial charge in [0, 0.05) is 19.1 Å². The Kier molecular flexibility index (Phi) is 6.78. The van der Waals surface area contributed by atoms with E-state index in [4.69, 9.17) is 11.6 Å². The third-order valence-corrected chi connectivity index (χ3v) is 5.10. The van der Waals surface area contributed by atoms with E-state index in [-0.39, 0.29) is 5.02 Å². The minimum absolute atomic E-state index is 0.232. The Morgan fingerprint density at radius 2 is 1.68 bits per heavy atom. The molecule has 0 aliphatic rings. The van der Waals surface area contributed by atoms with E-state index in [1.165, 1.54) is 37.8 Å². The van der Waals surface area contributed by atoms with Crippen molar-refractivity contribution < 1.29 is 17.7 Å². The highest BCUT2D eigenvalue weighted by atomic mass is 35.5. The van der Waals surface area contributed by atoms with Crippen LogP contribution < -0.4 is 4.57 Å². The number of rotatable bonds is 8. The number of unbranched alkanes of at least 4 members (excludes halogenated alkanes) is 5. The third-order valence-electron chi connectivity index (χ3n) is 4.78. The summed E-state index contributed by atoms with van der Waals surface area (Å²) in [5, 5.41) is -0.232. The summed E-state index contributed by atoms with van der Waals surface area (Å²) in [7, 11) is 0. The van der Waals surface area contributed by atoms with Crippen LogP contribution in [-0.2, 0) is 19.3 Å². The van der Waals surface area contributed by atoms with Gasteiger partial charge >= 0.3 is 6.18 Å². The molecular formula is C19H27ClF3N2+. The van der Waals surface area contributed by atoms with Crippen LogP contribution in [0, 0.1) is 6.92 Å². The van der Waals surface area contributed by atoms with Crippen LogP contribution in [0.2, 0.25) is 5.02 Å². The maximum absolute atomic E-state index is 13.2. The van der Waals surface area contributed by atoms with Gasteiger partial charge in [0.15, 0.2) is 11.0 Å². The van der Waals surface area contributed by atoms with E-state index in [0.717, 1.165) is 30.7 Å². The van der Waals surface area contributed by atoms with Crippen molar-refractivity contribution in [3.8, 4) is 0 Å². The van der Waals surface area contributed by atoms with E-state index >= 15 is 0 Å². The first-order chi connectivity index (χ1) is 11.8. The molecule has 2 aromatic rings. The molecule has 1 aromatic heterocycles. The summed E-state index contributed by atoms with van der Waals surface area (Å²) < 4.78 is 43.5. The molecule has 0 aliphatic carbocycles. The number of benzene rings is 1. The molecule has 0 atom stereocenters. The predicted molar refractivity (Wildman–Crippen MR) is 95.9 cm³/mol. The molecule has 2 rings (SSSR count). The van der Waals surface area contributed by atoms with Gasteiger partial charge in [0.05, 0.1) is 23.7 Å². The second-order valence-corrected chi connectivity index (χ2v) is 6.94. The molecule has 0 saturated carbocycles. The Morgan fingerprint density at radius 1 is 1.04 bits per heavy atom. The number of halogens is 4. The number of hydrogen-bond donors (Lipinski definition) is 0. The van der Waals surface area contributed by atoms with E-state index < -0.39 is 11.7 Å². The van der Waals surface area contributed by atoms with Gasteiger partial charge in [-0.25, -0.2) is 9.13 Å². The van der Waals surface area contributed by atoms with Gasteiger partial charge in [-0.1, -0.05) is 44.2 Å². The number of aryl methyl sites for hydroxylation is 2. The van der Waals surface area contributed by atoms with Gasteiger partial charge in [0.2, 0.25) is 0 Å². The summed E-state index contributed by atoms with van der Waals surface area (Å²) in [5.41, 5.74) is 0.620. The smallest absolute Gasteiger partial charge is 0.228 e. The van der Waals surface area contributed by atoms with E-state index in [2.05, 4.69) is 11.5 Å². The first-order valence-electron chi connectivity index (χ1n) is 9.10. The van der Waals surface area contributed by atoms with Gasteiger partial charge in [-0.15, -0.1) is 0 Å². The Balaban J connectivity index is 2.31. The lowest BCUT2D eigenvalue weighted by Crippen LogP contribution is -2.36. The first kappa shape index (κ1) is 20.1. The van der Waals surface area contributed by atoms with Crippen LogP contribution in [0.25, 0.3) is 11.0 Å². The van der Waals surface area contributed by atoms with E-state index in [1.807, 2.05) is 18.4 Å². The highest BCUT2D eigenvalue weighted by Gasteiger charge is 2.35. The van der Waals surface area contributed by atoms with Crippen LogP contribution >= 0.6 is 11.6 Å². The fourth-order valence-electron chi connectivity index (χ4n) is 3.43. The van der Waals surface area contributed by atoms with Crippen LogP contribution in [0.15, 0.2) is 12.1 Å². The van der Waals surface area contributed by atoms with Gasteiger partial charge in [-0.3, -0.25) is 0 Å². The van der Waals surface area contributed by atoms with E-state index in [9.17, 15) is 13.2 Å². The Labute approximate surface area is 152 Å². The summed E-state index contributed by atoms with van der Waals surface area (Å²) >= 11 is 5.94. The van der Waals surface area contributed by atoms with Crippen LogP contribution in [-0.4, -0.2) is 4.57 Å². The highest BCUT2D eigenvalue weighted by molar-refractivity contribution is 6.32. The molecule has 25 heavy (non-hydrogen) atoms. The lowest BCUT2D eigenvalue weighted by molar-refractivity contribution is -0.678. The van der Waals surface area contributed by atoms with Crippen molar-refractivity contribution in [2.75, 3.05) is 0 Å². The van der Waals surface area contributed by atoms with Gasteiger partial charge in [-0.2, -0.15) is 13.2 Å². The highest BCUT2D eigenvalue weighted by Crippen LogP contribution is 2.37. The molecule has 1 aromatic carbocycles.